The van der Waals surface area contributed by atoms with E-state index in [1.54, 1.807) is 0 Å². The van der Waals surface area contributed by atoms with E-state index in [9.17, 15) is 13.2 Å². The summed E-state index contributed by atoms with van der Waals surface area (Å²) in [6.45, 7) is 38.5. The van der Waals surface area contributed by atoms with Crippen molar-refractivity contribution < 1.29 is 13.2 Å². The van der Waals surface area contributed by atoms with Crippen molar-refractivity contribution in [1.29, 1.82) is 0 Å². The van der Waals surface area contributed by atoms with Gasteiger partial charge in [-0.3, -0.25) is 26.1 Å². The van der Waals surface area contributed by atoms with E-state index in [1.807, 2.05) is 52.2 Å². The number of halogens is 3. The predicted octanol–water partition coefficient (Wildman–Crippen LogP) is 13.0. The van der Waals surface area contributed by atoms with Crippen LogP contribution in [0.15, 0.2) is 74.0 Å². The third-order valence-corrected chi connectivity index (χ3v) is 17.2. The molecule has 2 saturated carbocycles. The lowest BCUT2D eigenvalue weighted by Gasteiger charge is -2.36. The smallest absolute Gasteiger partial charge is 0.368 e. The van der Waals surface area contributed by atoms with E-state index in [0.717, 1.165) is 143 Å². The first-order valence-electron chi connectivity index (χ1n) is 30.8. The molecule has 4 unspecified atom stereocenters. The van der Waals surface area contributed by atoms with Gasteiger partial charge in [0.1, 0.15) is 6.54 Å². The number of piperazine rings is 1. The van der Waals surface area contributed by atoms with Crippen LogP contribution in [-0.4, -0.2) is 141 Å². The third-order valence-electron chi connectivity index (χ3n) is 17.2. The van der Waals surface area contributed by atoms with E-state index < -0.39 is 12.7 Å². The van der Waals surface area contributed by atoms with Crippen LogP contribution < -0.4 is 32.5 Å². The Hall–Kier alpha value is -3.86. The normalized spacial score (nSPS) is 18.7. The summed E-state index contributed by atoms with van der Waals surface area (Å²) in [5.41, 5.74) is 15.5. The first-order valence-corrected chi connectivity index (χ1v) is 30.8. The number of hydrazine groups is 1. The maximum atomic E-state index is 14.8. The first-order chi connectivity index (χ1) is 38.1. The van der Waals surface area contributed by atoms with E-state index >= 15 is 0 Å². The zero-order valence-corrected chi connectivity index (χ0v) is 50.6. The number of unbranched alkanes of at least 4 members (excludes halogenated alkanes) is 1. The van der Waals surface area contributed by atoms with Crippen molar-refractivity contribution in [1.82, 2.24) is 40.3 Å². The van der Waals surface area contributed by atoms with Crippen LogP contribution in [0.2, 0.25) is 0 Å². The van der Waals surface area contributed by atoms with E-state index in [-0.39, 0.29) is 24.8 Å². The maximum absolute atomic E-state index is 14.8. The molecule has 2 aliphatic carbocycles. The highest BCUT2D eigenvalue weighted by Gasteiger charge is 2.36. The number of fused-ring (bicyclic) bond motifs is 1. The lowest BCUT2D eigenvalue weighted by Crippen LogP contribution is -2.47. The molecule has 0 radical (unpaired) electrons. The molecule has 7 N–H and O–H groups in total. The Morgan fingerprint density at radius 1 is 0.975 bits per heavy atom. The molecule has 7 rings (SSSR count). The minimum Gasteiger partial charge on any atom is -0.368 e. The highest BCUT2D eigenvalue weighted by Crippen LogP contribution is 2.44. The van der Waals surface area contributed by atoms with Gasteiger partial charge < -0.3 is 30.7 Å². The highest BCUT2D eigenvalue weighted by atomic mass is 19.4. The monoisotopic (exact) mass is 1120 g/mol. The van der Waals surface area contributed by atoms with Crippen LogP contribution in [0.5, 0.6) is 0 Å². The molecule has 4 fully saturated rings. The average molecular weight is 1120 g/mol. The van der Waals surface area contributed by atoms with Gasteiger partial charge in [0.2, 0.25) is 0 Å². The summed E-state index contributed by atoms with van der Waals surface area (Å²) in [5, 5.41) is 7.79. The second-order valence-corrected chi connectivity index (χ2v) is 23.7. The fourth-order valence-electron chi connectivity index (χ4n) is 12.4. The van der Waals surface area contributed by atoms with Crippen LogP contribution in [0.25, 0.3) is 28.2 Å². The second-order valence-electron chi connectivity index (χ2n) is 23.7. The van der Waals surface area contributed by atoms with Gasteiger partial charge in [-0.1, -0.05) is 111 Å². The topological polar surface area (TPSA) is 119 Å². The Balaban J connectivity index is 0.000000581. The molecule has 0 amide bonds. The molecule has 2 aromatic heterocycles. The van der Waals surface area contributed by atoms with Crippen molar-refractivity contribution in [3.63, 3.8) is 0 Å². The number of anilines is 1. The maximum Gasteiger partial charge on any atom is 0.406 e. The number of nitrogens with zero attached hydrogens (tertiary/aromatic N) is 6. The van der Waals surface area contributed by atoms with Gasteiger partial charge in [-0.2, -0.15) is 13.2 Å². The number of likely N-dealkylation sites (tertiary alicyclic amines) is 1. The molecule has 452 valence electrons. The number of aromatic nitrogens is 2. The summed E-state index contributed by atoms with van der Waals surface area (Å²) >= 11 is 0. The number of hydrogen-bond donors (Lipinski definition) is 5. The fourth-order valence-corrected chi connectivity index (χ4v) is 12.4. The highest BCUT2D eigenvalue weighted by molar-refractivity contribution is 5.94. The summed E-state index contributed by atoms with van der Waals surface area (Å²) in [4.78, 5) is 15.1. The number of allylic oxidation sites excluding steroid dienone is 1. The van der Waals surface area contributed by atoms with Gasteiger partial charge in [0.05, 0.1) is 23.3 Å². The molecule has 1 aromatic carbocycles. The Kier molecular flexibility index (Phi) is 29.7. The Morgan fingerprint density at radius 3 is 2.31 bits per heavy atom. The standard InChI is InChI=1S/C48H74F3N9.C15H28N2.C2H6.CH4/c1-8-10-21-47(5,6)30-42-40-28-37(16-12-14-23-57(9-2)33-43(54-7)35(3)15-11-13-22-56-53)17-20-44(40)60(34-48(49,50)51)46(42)41-29-39(32-55-45(41)36(4)31-52)59-26-24-58(25-27-59)38-18-19-38;1-3-15(14-7-5-6-8-14)17-10-9-13(12-17)11-16-4-2;1-2;/h8,12,16-17,20,28-29,32,36,38,43,54,56H,1,3,9-11,13-15,18-19,21-27,30-31,33-34,52-53H2,2,4-7H3;3,13-16H,1,4-12H2,2H3;1-2H3;1H4/b16-12+;;;. The molecule has 4 heterocycles. The molecular formula is C66H112F3N11. The zero-order valence-electron chi connectivity index (χ0n) is 50.6. The van der Waals surface area contributed by atoms with Crippen molar-refractivity contribution in [3.8, 4) is 11.3 Å². The van der Waals surface area contributed by atoms with Crippen LogP contribution in [0.1, 0.15) is 162 Å². The van der Waals surface area contributed by atoms with Gasteiger partial charge in [0, 0.05) is 99.4 Å². The molecule has 3 aromatic rings. The van der Waals surface area contributed by atoms with Gasteiger partial charge in [0.15, 0.2) is 0 Å². The summed E-state index contributed by atoms with van der Waals surface area (Å²) in [5.74, 6) is 7.04. The molecule has 4 aliphatic rings. The lowest BCUT2D eigenvalue weighted by molar-refractivity contribution is -0.139. The van der Waals surface area contributed by atoms with Crippen molar-refractivity contribution in [3.05, 3.63) is 90.8 Å². The van der Waals surface area contributed by atoms with Gasteiger partial charge in [0.25, 0.3) is 0 Å². The van der Waals surface area contributed by atoms with Crippen LogP contribution in [-0.2, 0) is 13.0 Å². The van der Waals surface area contributed by atoms with Crippen LogP contribution in [0, 0.1) is 17.3 Å². The molecule has 2 aliphatic heterocycles. The third kappa shape index (κ3) is 20.5. The van der Waals surface area contributed by atoms with Crippen LogP contribution in [0.3, 0.4) is 0 Å². The number of nitrogens with two attached hydrogens (primary N) is 2. The summed E-state index contributed by atoms with van der Waals surface area (Å²) in [6.07, 6.45) is 21.7. The second kappa shape index (κ2) is 34.7. The summed E-state index contributed by atoms with van der Waals surface area (Å²) in [7, 11) is 1.99. The van der Waals surface area contributed by atoms with Crippen molar-refractivity contribution in [2.24, 2.45) is 28.8 Å². The molecular weight excluding hydrogens is 1000 g/mol. The fraction of sp³-hybridized carbons (Fsp3) is 0.682. The Labute approximate surface area is 484 Å². The van der Waals surface area contributed by atoms with Crippen LogP contribution in [0.4, 0.5) is 18.9 Å². The molecule has 14 heteroatoms. The van der Waals surface area contributed by atoms with Gasteiger partial charge in [-0.05, 0) is 157 Å². The number of benzene rings is 1. The van der Waals surface area contributed by atoms with E-state index in [1.165, 1.54) is 74.7 Å². The van der Waals surface area contributed by atoms with Crippen molar-refractivity contribution in [2.45, 2.75) is 183 Å². The Morgan fingerprint density at radius 2 is 1.70 bits per heavy atom. The SMILES string of the molecule is C.C=CC(C1CCCC1)N1CCC(CNCC)C1.C=CCCC(C)(C)Cc1c(-c2cc(N3CCN(C4CC4)CC3)cnc2C(C)CN)n(CC(F)(F)F)c2ccc(/C=C/CCN(CC)CC(NC)C(=C)CCCCNN)cc12.CC. The van der Waals surface area contributed by atoms with Crippen molar-refractivity contribution in [2.75, 3.05) is 97.0 Å². The first kappa shape index (κ1) is 68.6. The van der Waals surface area contributed by atoms with E-state index in [2.05, 4.69) is 113 Å². The number of rotatable bonds is 31. The van der Waals surface area contributed by atoms with E-state index in [0.29, 0.717) is 36.3 Å². The minimum atomic E-state index is -4.44. The molecule has 2 saturated heterocycles. The quantitative estimate of drug-likeness (QED) is 0.0184. The van der Waals surface area contributed by atoms with Gasteiger partial charge in [-0.15, -0.1) is 13.2 Å². The largest absolute Gasteiger partial charge is 0.406 e. The van der Waals surface area contributed by atoms with Gasteiger partial charge in [-0.25, -0.2) is 0 Å². The number of nitrogens with one attached hydrogen (secondary N) is 3. The summed E-state index contributed by atoms with van der Waals surface area (Å²) < 4.78 is 45.9. The minimum absolute atomic E-state index is 0. The predicted molar refractivity (Wildman–Crippen MR) is 338 cm³/mol. The number of likely N-dealkylation sites (N-methyl/N-ethyl adjacent to an activating group) is 2. The molecule has 4 atom stereocenters. The van der Waals surface area contributed by atoms with Crippen molar-refractivity contribution >= 4 is 22.7 Å². The average Bonchev–Trinajstić information content (AvgIpc) is 3.82. The molecule has 0 spiro atoms. The lowest BCUT2D eigenvalue weighted by atomic mass is 9.80. The number of pyridine rings is 1. The van der Waals surface area contributed by atoms with Crippen LogP contribution >= 0.6 is 0 Å². The van der Waals surface area contributed by atoms with E-state index in [4.69, 9.17) is 16.6 Å². The molecule has 80 heavy (non-hydrogen) atoms. The summed E-state index contributed by atoms with van der Waals surface area (Å²) in [6, 6.07) is 9.61. The Bertz CT molecular complexity index is 2310. The number of hydrogen-bond acceptors (Lipinski definition) is 10. The molecule has 11 nitrogen and oxygen atoms in total. The van der Waals surface area contributed by atoms with Gasteiger partial charge >= 0.3 is 6.18 Å². The number of alkyl halides is 3. The zero-order chi connectivity index (χ0) is 57.5. The molecule has 0 bridgehead atoms.